The molecule has 0 saturated carbocycles. The maximum atomic E-state index is 14.1. The van der Waals surface area contributed by atoms with Gasteiger partial charge >= 0.3 is 0 Å². The smallest absolute Gasteiger partial charge is 0.265 e. The average molecular weight is 420 g/mol. The summed E-state index contributed by atoms with van der Waals surface area (Å²) >= 11 is 0. The lowest BCUT2D eigenvalue weighted by Crippen LogP contribution is -2.38. The van der Waals surface area contributed by atoms with Crippen molar-refractivity contribution in [2.75, 3.05) is 23.6 Å². The van der Waals surface area contributed by atoms with Gasteiger partial charge in [0.25, 0.3) is 11.8 Å². The molecule has 0 spiro atoms. The molecule has 7 nitrogen and oxygen atoms in total. The van der Waals surface area contributed by atoms with E-state index in [9.17, 15) is 14.0 Å². The first kappa shape index (κ1) is 18.9. The quantitative estimate of drug-likeness (QED) is 0.696. The molecule has 2 amide bonds. The highest BCUT2D eigenvalue weighted by atomic mass is 19.1. The van der Waals surface area contributed by atoms with E-state index in [1.54, 1.807) is 54.6 Å². The zero-order valence-electron chi connectivity index (χ0n) is 16.3. The zero-order chi connectivity index (χ0) is 21.4. The lowest BCUT2D eigenvalue weighted by molar-refractivity contribution is -0.121. The Labute approximate surface area is 176 Å². The van der Waals surface area contributed by atoms with Crippen molar-refractivity contribution in [2.24, 2.45) is 0 Å². The number of amides is 2. The lowest BCUT2D eigenvalue weighted by Gasteiger charge is -2.30. The summed E-state index contributed by atoms with van der Waals surface area (Å²) in [6, 6.07) is 16.2. The van der Waals surface area contributed by atoms with E-state index in [2.05, 4.69) is 5.32 Å². The highest BCUT2D eigenvalue weighted by Gasteiger charge is 2.27. The molecular formula is C23H17FN2O5. The minimum atomic E-state index is -0.379. The Kier molecular flexibility index (Phi) is 4.66. The van der Waals surface area contributed by atoms with Crippen molar-refractivity contribution in [3.05, 3.63) is 77.6 Å². The number of carbonyl (C=O) groups is 2. The molecule has 2 heterocycles. The Morgan fingerprint density at radius 1 is 0.968 bits per heavy atom. The number of rotatable bonds is 4. The van der Waals surface area contributed by atoms with Gasteiger partial charge in [-0.2, -0.15) is 0 Å². The molecule has 2 aliphatic rings. The number of fused-ring (bicyclic) bond motifs is 2. The number of hydrogen-bond donors (Lipinski definition) is 1. The zero-order valence-corrected chi connectivity index (χ0v) is 16.3. The maximum absolute atomic E-state index is 14.1. The summed E-state index contributed by atoms with van der Waals surface area (Å²) in [6.45, 7) is 0.0520. The van der Waals surface area contributed by atoms with Gasteiger partial charge in [0.05, 0.1) is 12.2 Å². The standard InChI is InChI=1S/C23H17FN2O5/c24-17-4-2-1-3-15(17)11-26-18-7-6-16(10-20(18)29-12-22(26)27)25-23(28)14-5-8-19-21(9-14)31-13-30-19/h1-10H,11-13H2,(H,25,28). The number of benzene rings is 3. The van der Waals surface area contributed by atoms with E-state index in [0.717, 1.165) is 0 Å². The fourth-order valence-corrected chi connectivity index (χ4v) is 3.49. The number of nitrogens with zero attached hydrogens (tertiary/aromatic N) is 1. The van der Waals surface area contributed by atoms with Gasteiger partial charge in [-0.1, -0.05) is 18.2 Å². The third-order valence-corrected chi connectivity index (χ3v) is 5.08. The van der Waals surface area contributed by atoms with Gasteiger partial charge in [0.2, 0.25) is 6.79 Å². The van der Waals surface area contributed by atoms with Crippen molar-refractivity contribution < 1.29 is 28.2 Å². The number of nitrogens with one attached hydrogen (secondary N) is 1. The van der Waals surface area contributed by atoms with Crippen molar-refractivity contribution in [3.63, 3.8) is 0 Å². The van der Waals surface area contributed by atoms with Crippen LogP contribution in [0.25, 0.3) is 0 Å². The summed E-state index contributed by atoms with van der Waals surface area (Å²) in [5.74, 6) is 0.568. The number of halogens is 1. The molecule has 3 aromatic carbocycles. The highest BCUT2D eigenvalue weighted by molar-refractivity contribution is 6.05. The predicted molar refractivity (Wildman–Crippen MR) is 110 cm³/mol. The molecule has 8 heteroatoms. The van der Waals surface area contributed by atoms with Crippen LogP contribution < -0.4 is 24.4 Å². The van der Waals surface area contributed by atoms with Crippen LogP contribution in [0.4, 0.5) is 15.8 Å². The molecule has 0 aromatic heterocycles. The number of carbonyl (C=O) groups excluding carboxylic acids is 2. The third kappa shape index (κ3) is 3.63. The molecule has 156 valence electrons. The Bertz CT molecular complexity index is 1200. The van der Waals surface area contributed by atoms with Crippen LogP contribution in [-0.4, -0.2) is 25.2 Å². The summed E-state index contributed by atoms with van der Waals surface area (Å²) in [5.41, 5.74) is 1.84. The molecule has 0 bridgehead atoms. The Morgan fingerprint density at radius 2 is 1.81 bits per heavy atom. The molecule has 0 fully saturated rings. The maximum Gasteiger partial charge on any atom is 0.265 e. The first-order chi connectivity index (χ1) is 15.1. The van der Waals surface area contributed by atoms with Crippen molar-refractivity contribution in [3.8, 4) is 17.2 Å². The predicted octanol–water partition coefficient (Wildman–Crippen LogP) is 3.73. The van der Waals surface area contributed by atoms with Crippen molar-refractivity contribution in [2.45, 2.75) is 6.54 Å². The average Bonchev–Trinajstić information content (AvgIpc) is 3.25. The van der Waals surface area contributed by atoms with E-state index in [0.29, 0.717) is 39.8 Å². The first-order valence-electron chi connectivity index (χ1n) is 9.60. The van der Waals surface area contributed by atoms with E-state index in [1.165, 1.54) is 11.0 Å². The van der Waals surface area contributed by atoms with Gasteiger partial charge in [0.15, 0.2) is 18.1 Å². The molecular weight excluding hydrogens is 403 g/mol. The van der Waals surface area contributed by atoms with Crippen molar-refractivity contribution >= 4 is 23.2 Å². The van der Waals surface area contributed by atoms with Gasteiger partial charge in [-0.15, -0.1) is 0 Å². The topological polar surface area (TPSA) is 77.1 Å². The molecule has 0 unspecified atom stereocenters. The molecule has 3 aromatic rings. The van der Waals surface area contributed by atoms with Gasteiger partial charge in [0.1, 0.15) is 11.6 Å². The second-order valence-corrected chi connectivity index (χ2v) is 7.06. The number of ether oxygens (including phenoxy) is 3. The van der Waals surface area contributed by atoms with Crippen LogP contribution in [0.3, 0.4) is 0 Å². The van der Waals surface area contributed by atoms with Crippen LogP contribution in [0, 0.1) is 5.82 Å². The second-order valence-electron chi connectivity index (χ2n) is 7.06. The lowest BCUT2D eigenvalue weighted by atomic mass is 10.1. The van der Waals surface area contributed by atoms with Crippen LogP contribution in [0.2, 0.25) is 0 Å². The van der Waals surface area contributed by atoms with Crippen LogP contribution in [0.1, 0.15) is 15.9 Å². The van der Waals surface area contributed by atoms with Gasteiger partial charge in [-0.05, 0) is 36.4 Å². The van der Waals surface area contributed by atoms with Crippen LogP contribution in [-0.2, 0) is 11.3 Å². The minimum absolute atomic E-state index is 0.0881. The fourth-order valence-electron chi connectivity index (χ4n) is 3.49. The number of anilines is 2. The highest BCUT2D eigenvalue weighted by Crippen LogP contribution is 2.36. The van der Waals surface area contributed by atoms with Crippen molar-refractivity contribution in [1.82, 2.24) is 0 Å². The van der Waals surface area contributed by atoms with E-state index in [-0.39, 0.29) is 37.6 Å². The Hall–Kier alpha value is -4.07. The molecule has 5 rings (SSSR count). The summed E-state index contributed by atoms with van der Waals surface area (Å²) in [7, 11) is 0. The molecule has 1 N–H and O–H groups in total. The normalized spacial score (nSPS) is 14.1. The SMILES string of the molecule is O=C(Nc1ccc2c(c1)OCC(=O)N2Cc1ccccc1F)c1ccc2c(c1)OCO2. The molecule has 2 aliphatic heterocycles. The summed E-state index contributed by atoms with van der Waals surface area (Å²) < 4.78 is 30.2. The van der Waals surface area contributed by atoms with Crippen LogP contribution >= 0.6 is 0 Å². The Balaban J connectivity index is 1.37. The van der Waals surface area contributed by atoms with E-state index >= 15 is 0 Å². The molecule has 0 radical (unpaired) electrons. The molecule has 0 atom stereocenters. The van der Waals surface area contributed by atoms with E-state index in [4.69, 9.17) is 14.2 Å². The summed E-state index contributed by atoms with van der Waals surface area (Å²) in [5, 5.41) is 2.81. The van der Waals surface area contributed by atoms with Crippen molar-refractivity contribution in [1.29, 1.82) is 0 Å². The van der Waals surface area contributed by atoms with E-state index in [1.807, 2.05) is 0 Å². The molecule has 0 aliphatic carbocycles. The minimum Gasteiger partial charge on any atom is -0.481 e. The monoisotopic (exact) mass is 420 g/mol. The van der Waals surface area contributed by atoms with Gasteiger partial charge in [-0.3, -0.25) is 9.59 Å². The largest absolute Gasteiger partial charge is 0.481 e. The second kappa shape index (κ2) is 7.64. The third-order valence-electron chi connectivity index (χ3n) is 5.08. The molecule has 31 heavy (non-hydrogen) atoms. The number of hydrogen-bond acceptors (Lipinski definition) is 5. The van der Waals surface area contributed by atoms with Gasteiger partial charge in [-0.25, -0.2) is 4.39 Å². The summed E-state index contributed by atoms with van der Waals surface area (Å²) in [4.78, 5) is 26.5. The first-order valence-corrected chi connectivity index (χ1v) is 9.60. The van der Waals surface area contributed by atoms with E-state index < -0.39 is 0 Å². The summed E-state index contributed by atoms with van der Waals surface area (Å²) in [6.07, 6.45) is 0. The van der Waals surface area contributed by atoms with Crippen LogP contribution in [0.15, 0.2) is 60.7 Å². The fraction of sp³-hybridized carbons (Fsp3) is 0.130. The Morgan fingerprint density at radius 3 is 2.68 bits per heavy atom. The van der Waals surface area contributed by atoms with Gasteiger partial charge < -0.3 is 24.4 Å². The van der Waals surface area contributed by atoms with Gasteiger partial charge in [0, 0.05) is 22.9 Å². The molecule has 0 saturated heterocycles. The van der Waals surface area contributed by atoms with Crippen LogP contribution in [0.5, 0.6) is 17.2 Å².